The van der Waals surface area contributed by atoms with E-state index in [9.17, 15) is 14.7 Å². The van der Waals surface area contributed by atoms with Gasteiger partial charge in [-0.25, -0.2) is 0 Å². The van der Waals surface area contributed by atoms with Gasteiger partial charge in [-0.3, -0.25) is 14.5 Å². The summed E-state index contributed by atoms with van der Waals surface area (Å²) in [7, 11) is 1.61. The fraction of sp³-hybridized carbons (Fsp3) is 0.556. The van der Waals surface area contributed by atoms with Crippen molar-refractivity contribution in [1.82, 2.24) is 10.2 Å². The monoisotopic (exact) mass is 370 g/mol. The van der Waals surface area contributed by atoms with Crippen molar-refractivity contribution in [3.05, 3.63) is 29.8 Å². The summed E-state index contributed by atoms with van der Waals surface area (Å²) in [5.41, 5.74) is 0.919. The third-order valence-corrected chi connectivity index (χ3v) is 4.69. The number of carbonyl (C=O) groups excluding carboxylic acids is 1. The third-order valence-electron chi connectivity index (χ3n) is 4.69. The summed E-state index contributed by atoms with van der Waals surface area (Å²) in [6, 6.07) is 7.05. The van der Waals surface area contributed by atoms with Crippen LogP contribution in [0.4, 0.5) is 0 Å². The SMILES string of the molecule is COc1ccccc1C(C)NC(=O)C(C)N1CCCC(C(=O)O)C1.Cl. The number of likely N-dealkylation sites (tertiary alicyclic amines) is 1. The highest BCUT2D eigenvalue weighted by molar-refractivity contribution is 5.85. The lowest BCUT2D eigenvalue weighted by molar-refractivity contribution is -0.145. The maximum Gasteiger partial charge on any atom is 0.307 e. The molecule has 1 aliphatic heterocycles. The predicted molar refractivity (Wildman–Crippen MR) is 98.2 cm³/mol. The van der Waals surface area contributed by atoms with Gasteiger partial charge in [0.15, 0.2) is 0 Å². The van der Waals surface area contributed by atoms with Gasteiger partial charge in [-0.2, -0.15) is 0 Å². The number of aliphatic carboxylic acids is 1. The summed E-state index contributed by atoms with van der Waals surface area (Å²) < 4.78 is 5.34. The molecule has 1 heterocycles. The molecule has 140 valence electrons. The number of piperidine rings is 1. The second-order valence-electron chi connectivity index (χ2n) is 6.32. The van der Waals surface area contributed by atoms with Crippen LogP contribution in [0.25, 0.3) is 0 Å². The molecule has 1 fully saturated rings. The molecule has 0 spiro atoms. The number of carboxylic acids is 1. The largest absolute Gasteiger partial charge is 0.496 e. The zero-order valence-electron chi connectivity index (χ0n) is 14.9. The van der Waals surface area contributed by atoms with Gasteiger partial charge in [-0.05, 0) is 39.3 Å². The molecule has 0 radical (unpaired) electrons. The highest BCUT2D eigenvalue weighted by Gasteiger charge is 2.31. The van der Waals surface area contributed by atoms with Crippen LogP contribution in [0.1, 0.15) is 38.3 Å². The van der Waals surface area contributed by atoms with Gasteiger partial charge in [0, 0.05) is 12.1 Å². The highest BCUT2D eigenvalue weighted by atomic mass is 35.5. The van der Waals surface area contributed by atoms with Crippen molar-refractivity contribution >= 4 is 24.3 Å². The van der Waals surface area contributed by atoms with Crippen molar-refractivity contribution in [3.8, 4) is 5.75 Å². The molecule has 1 amide bonds. The Balaban J connectivity index is 0.00000312. The molecule has 0 aliphatic carbocycles. The van der Waals surface area contributed by atoms with E-state index in [-0.39, 0.29) is 36.3 Å². The number of rotatable bonds is 6. The average molecular weight is 371 g/mol. The van der Waals surface area contributed by atoms with Crippen molar-refractivity contribution in [3.63, 3.8) is 0 Å². The van der Waals surface area contributed by atoms with Crippen LogP contribution in [0.5, 0.6) is 5.75 Å². The number of amides is 1. The van der Waals surface area contributed by atoms with Crippen molar-refractivity contribution in [2.75, 3.05) is 20.2 Å². The fourth-order valence-electron chi connectivity index (χ4n) is 3.16. The molecule has 1 aromatic rings. The number of halogens is 1. The van der Waals surface area contributed by atoms with Crippen molar-refractivity contribution in [2.24, 2.45) is 5.92 Å². The van der Waals surface area contributed by atoms with E-state index in [0.717, 1.165) is 24.3 Å². The minimum absolute atomic E-state index is 0. The predicted octanol–water partition coefficient (Wildman–Crippen LogP) is 2.48. The van der Waals surface area contributed by atoms with Crippen LogP contribution in [0.2, 0.25) is 0 Å². The molecule has 0 aromatic heterocycles. The van der Waals surface area contributed by atoms with Crippen LogP contribution in [0, 0.1) is 5.92 Å². The summed E-state index contributed by atoms with van der Waals surface area (Å²) in [4.78, 5) is 25.7. The molecule has 3 unspecified atom stereocenters. The fourth-order valence-corrected chi connectivity index (χ4v) is 3.16. The van der Waals surface area contributed by atoms with Crippen LogP contribution in [-0.4, -0.2) is 48.1 Å². The quantitative estimate of drug-likeness (QED) is 0.804. The standard InChI is InChI=1S/C18H26N2O4.ClH/c1-12(15-8-4-5-9-16(15)24-3)19-17(21)13(2)20-10-6-7-14(11-20)18(22)23;/h4-5,8-9,12-14H,6-7,10-11H2,1-3H3,(H,19,21)(H,22,23);1H. The number of carbonyl (C=O) groups is 2. The molecule has 3 atom stereocenters. The maximum atomic E-state index is 12.6. The van der Waals surface area contributed by atoms with Gasteiger partial charge in [0.05, 0.1) is 25.1 Å². The Hall–Kier alpha value is -1.79. The van der Waals surface area contributed by atoms with Crippen LogP contribution in [0.15, 0.2) is 24.3 Å². The van der Waals surface area contributed by atoms with Crippen LogP contribution in [0.3, 0.4) is 0 Å². The highest BCUT2D eigenvalue weighted by Crippen LogP contribution is 2.25. The number of nitrogens with one attached hydrogen (secondary N) is 1. The number of nitrogens with zero attached hydrogens (tertiary/aromatic N) is 1. The number of carboxylic acid groups (broad SMARTS) is 1. The number of hydrogen-bond acceptors (Lipinski definition) is 4. The van der Waals surface area contributed by atoms with E-state index in [1.54, 1.807) is 7.11 Å². The normalized spacial score (nSPS) is 20.0. The van der Waals surface area contributed by atoms with Gasteiger partial charge in [0.1, 0.15) is 5.75 Å². The smallest absolute Gasteiger partial charge is 0.307 e. The zero-order chi connectivity index (χ0) is 17.7. The Kier molecular flexibility index (Phi) is 8.19. The lowest BCUT2D eigenvalue weighted by Gasteiger charge is -2.35. The van der Waals surface area contributed by atoms with Crippen molar-refractivity contribution in [2.45, 2.75) is 38.8 Å². The van der Waals surface area contributed by atoms with E-state index in [1.807, 2.05) is 43.0 Å². The van der Waals surface area contributed by atoms with Crippen molar-refractivity contribution < 1.29 is 19.4 Å². The zero-order valence-corrected chi connectivity index (χ0v) is 15.7. The van der Waals surface area contributed by atoms with Gasteiger partial charge < -0.3 is 15.2 Å². The maximum absolute atomic E-state index is 12.6. The van der Waals surface area contributed by atoms with Crippen LogP contribution < -0.4 is 10.1 Å². The average Bonchev–Trinajstić information content (AvgIpc) is 2.60. The molecular weight excluding hydrogens is 344 g/mol. The number of methoxy groups -OCH3 is 1. The molecule has 25 heavy (non-hydrogen) atoms. The van der Waals surface area contributed by atoms with Gasteiger partial charge in [0.25, 0.3) is 0 Å². The third kappa shape index (κ3) is 5.34. The first kappa shape index (κ1) is 21.3. The number of ether oxygens (including phenoxy) is 1. The number of para-hydroxylation sites is 1. The molecule has 2 rings (SSSR count). The topological polar surface area (TPSA) is 78.9 Å². The lowest BCUT2D eigenvalue weighted by atomic mass is 9.97. The second kappa shape index (κ2) is 9.63. The van der Waals surface area contributed by atoms with E-state index in [0.29, 0.717) is 13.0 Å². The van der Waals surface area contributed by atoms with Gasteiger partial charge in [-0.1, -0.05) is 18.2 Å². The van der Waals surface area contributed by atoms with Crippen LogP contribution in [-0.2, 0) is 9.59 Å². The molecule has 0 bridgehead atoms. The molecule has 7 heteroatoms. The minimum Gasteiger partial charge on any atom is -0.496 e. The summed E-state index contributed by atoms with van der Waals surface area (Å²) in [5.74, 6) is -0.531. The molecular formula is C18H27ClN2O4. The first-order chi connectivity index (χ1) is 11.4. The van der Waals surface area contributed by atoms with Gasteiger partial charge >= 0.3 is 5.97 Å². The minimum atomic E-state index is -0.783. The summed E-state index contributed by atoms with van der Waals surface area (Å²) in [6.45, 7) is 4.92. The second-order valence-corrected chi connectivity index (χ2v) is 6.32. The summed E-state index contributed by atoms with van der Waals surface area (Å²) in [5, 5.41) is 12.2. The Morgan fingerprint density at radius 1 is 1.32 bits per heavy atom. The van der Waals surface area contributed by atoms with E-state index >= 15 is 0 Å². The van der Waals surface area contributed by atoms with Crippen molar-refractivity contribution in [1.29, 1.82) is 0 Å². The van der Waals surface area contributed by atoms with E-state index in [4.69, 9.17) is 4.74 Å². The van der Waals surface area contributed by atoms with Gasteiger partial charge in [-0.15, -0.1) is 12.4 Å². The Morgan fingerprint density at radius 3 is 2.64 bits per heavy atom. The first-order valence-corrected chi connectivity index (χ1v) is 8.34. The molecule has 0 saturated carbocycles. The molecule has 2 N–H and O–H groups in total. The Morgan fingerprint density at radius 2 is 2.00 bits per heavy atom. The number of hydrogen-bond donors (Lipinski definition) is 2. The van der Waals surface area contributed by atoms with Gasteiger partial charge in [0.2, 0.25) is 5.91 Å². The summed E-state index contributed by atoms with van der Waals surface area (Å²) >= 11 is 0. The lowest BCUT2D eigenvalue weighted by Crippen LogP contribution is -2.50. The Bertz CT molecular complexity index is 596. The molecule has 1 aliphatic rings. The molecule has 1 saturated heterocycles. The Labute approximate surface area is 154 Å². The van der Waals surface area contributed by atoms with E-state index < -0.39 is 5.97 Å². The van der Waals surface area contributed by atoms with E-state index in [1.165, 1.54) is 0 Å². The number of benzene rings is 1. The van der Waals surface area contributed by atoms with Crippen LogP contribution >= 0.6 is 12.4 Å². The first-order valence-electron chi connectivity index (χ1n) is 8.34. The molecule has 1 aromatic carbocycles. The summed E-state index contributed by atoms with van der Waals surface area (Å²) in [6.07, 6.45) is 1.48. The molecule has 6 nitrogen and oxygen atoms in total. The van der Waals surface area contributed by atoms with E-state index in [2.05, 4.69) is 5.32 Å².